The van der Waals surface area contributed by atoms with E-state index in [4.69, 9.17) is 0 Å². The number of rotatable bonds is 3. The van der Waals surface area contributed by atoms with E-state index in [0.29, 0.717) is 5.69 Å². The van der Waals surface area contributed by atoms with Crippen LogP contribution < -0.4 is 0 Å². The average molecular weight is 277 g/mol. The summed E-state index contributed by atoms with van der Waals surface area (Å²) >= 11 is 0. The van der Waals surface area contributed by atoms with Crippen molar-refractivity contribution in [3.63, 3.8) is 0 Å². The van der Waals surface area contributed by atoms with Gasteiger partial charge in [-0.05, 0) is 31.5 Å². The van der Waals surface area contributed by atoms with Gasteiger partial charge < -0.3 is 0 Å². The Kier molecular flexibility index (Phi) is 3.36. The molecule has 0 bridgehead atoms. The Balaban J connectivity index is 2.27. The molecule has 1 aromatic heterocycles. The number of nitrogens with zero attached hydrogens (tertiary/aromatic N) is 3. The number of carbonyl (C=O) groups is 1. The Morgan fingerprint density at radius 2 is 1.86 bits per heavy atom. The van der Waals surface area contributed by atoms with Gasteiger partial charge in [0.15, 0.2) is 12.0 Å². The van der Waals surface area contributed by atoms with Crippen LogP contribution in [0.3, 0.4) is 0 Å². The Hall–Kier alpha value is -2.75. The van der Waals surface area contributed by atoms with Crippen molar-refractivity contribution in [2.45, 2.75) is 13.8 Å². The van der Waals surface area contributed by atoms with Gasteiger partial charge in [-0.2, -0.15) is 0 Å². The summed E-state index contributed by atoms with van der Waals surface area (Å²) in [6, 6.07) is 15.9. The molecule has 0 saturated carbocycles. The smallest absolute Gasteiger partial charge is 0.172 e. The maximum absolute atomic E-state index is 11.3. The van der Waals surface area contributed by atoms with Crippen molar-refractivity contribution in [2.24, 2.45) is 0 Å². The van der Waals surface area contributed by atoms with Crippen LogP contribution in [0.4, 0.5) is 0 Å². The molecule has 4 nitrogen and oxygen atoms in total. The van der Waals surface area contributed by atoms with E-state index < -0.39 is 0 Å². The number of para-hydroxylation sites is 1. The van der Waals surface area contributed by atoms with Crippen LogP contribution in [0.5, 0.6) is 0 Å². The van der Waals surface area contributed by atoms with Gasteiger partial charge in [-0.15, -0.1) is 5.10 Å². The van der Waals surface area contributed by atoms with Gasteiger partial charge >= 0.3 is 0 Å². The molecule has 0 spiro atoms. The highest BCUT2D eigenvalue weighted by Crippen LogP contribution is 2.26. The number of carbonyl (C=O) groups excluding carboxylic acids is 1. The lowest BCUT2D eigenvalue weighted by molar-refractivity contribution is 0.111. The van der Waals surface area contributed by atoms with Crippen molar-refractivity contribution in [1.82, 2.24) is 15.0 Å². The fourth-order valence-corrected chi connectivity index (χ4v) is 2.41. The maximum Gasteiger partial charge on any atom is 0.172 e. The molecule has 0 fully saturated rings. The fourth-order valence-electron chi connectivity index (χ4n) is 2.41. The van der Waals surface area contributed by atoms with Gasteiger partial charge in [-0.3, -0.25) is 4.79 Å². The molecule has 0 aliphatic heterocycles. The first kappa shape index (κ1) is 13.2. The number of benzene rings is 2. The van der Waals surface area contributed by atoms with E-state index >= 15 is 0 Å². The molecule has 0 saturated heterocycles. The topological polar surface area (TPSA) is 47.8 Å². The van der Waals surface area contributed by atoms with Crippen LogP contribution in [0.15, 0.2) is 48.5 Å². The third-order valence-electron chi connectivity index (χ3n) is 3.44. The predicted octanol–water partition coefficient (Wildman–Crippen LogP) is 3.36. The predicted molar refractivity (Wildman–Crippen MR) is 81.7 cm³/mol. The molecule has 0 N–H and O–H groups in total. The lowest BCUT2D eigenvalue weighted by atomic mass is 10.1. The second kappa shape index (κ2) is 5.32. The highest BCUT2D eigenvalue weighted by atomic mass is 16.1. The van der Waals surface area contributed by atoms with Gasteiger partial charge in [-0.25, -0.2) is 4.68 Å². The number of hydrogen-bond acceptors (Lipinski definition) is 3. The minimum Gasteiger partial charge on any atom is -0.296 e. The Morgan fingerprint density at radius 3 is 2.57 bits per heavy atom. The first-order valence-corrected chi connectivity index (χ1v) is 6.74. The van der Waals surface area contributed by atoms with E-state index in [2.05, 4.69) is 10.3 Å². The molecule has 0 unspecified atom stereocenters. The number of aryl methyl sites for hydroxylation is 2. The Labute approximate surface area is 123 Å². The number of hydrogen-bond donors (Lipinski definition) is 0. The second-order valence-electron chi connectivity index (χ2n) is 5.01. The zero-order valence-corrected chi connectivity index (χ0v) is 11.9. The molecule has 0 atom stereocenters. The van der Waals surface area contributed by atoms with Crippen molar-refractivity contribution in [1.29, 1.82) is 0 Å². The number of aromatic nitrogens is 3. The van der Waals surface area contributed by atoms with Crippen LogP contribution in [-0.2, 0) is 0 Å². The van der Waals surface area contributed by atoms with Crippen LogP contribution >= 0.6 is 0 Å². The quantitative estimate of drug-likeness (QED) is 0.690. The van der Waals surface area contributed by atoms with E-state index in [1.807, 2.05) is 62.4 Å². The summed E-state index contributed by atoms with van der Waals surface area (Å²) < 4.78 is 1.73. The maximum atomic E-state index is 11.3. The molecule has 1 heterocycles. The molecule has 104 valence electrons. The highest BCUT2D eigenvalue weighted by molar-refractivity contribution is 5.84. The summed E-state index contributed by atoms with van der Waals surface area (Å²) in [5, 5.41) is 8.16. The van der Waals surface area contributed by atoms with E-state index in [1.165, 1.54) is 0 Å². The first-order valence-electron chi connectivity index (χ1n) is 6.74. The van der Waals surface area contributed by atoms with Gasteiger partial charge in [0.25, 0.3) is 0 Å². The Morgan fingerprint density at radius 1 is 1.05 bits per heavy atom. The third-order valence-corrected chi connectivity index (χ3v) is 3.44. The molecule has 0 radical (unpaired) electrons. The zero-order chi connectivity index (χ0) is 14.8. The van der Waals surface area contributed by atoms with Crippen LogP contribution in [0.1, 0.15) is 21.6 Å². The molecular weight excluding hydrogens is 262 g/mol. The van der Waals surface area contributed by atoms with Gasteiger partial charge in [0.05, 0.1) is 5.69 Å². The van der Waals surface area contributed by atoms with E-state index in [9.17, 15) is 4.79 Å². The van der Waals surface area contributed by atoms with Crippen LogP contribution in [-0.4, -0.2) is 21.3 Å². The van der Waals surface area contributed by atoms with Gasteiger partial charge in [0.1, 0.15) is 5.69 Å². The largest absolute Gasteiger partial charge is 0.296 e. The van der Waals surface area contributed by atoms with Crippen LogP contribution in [0, 0.1) is 13.8 Å². The molecule has 21 heavy (non-hydrogen) atoms. The molecule has 3 rings (SSSR count). The van der Waals surface area contributed by atoms with E-state index in [-0.39, 0.29) is 0 Å². The van der Waals surface area contributed by atoms with Crippen molar-refractivity contribution < 1.29 is 4.79 Å². The van der Waals surface area contributed by atoms with Gasteiger partial charge in [-0.1, -0.05) is 47.2 Å². The average Bonchev–Trinajstić information content (AvgIpc) is 2.91. The van der Waals surface area contributed by atoms with E-state index in [0.717, 1.165) is 34.4 Å². The summed E-state index contributed by atoms with van der Waals surface area (Å²) in [5.74, 6) is 0. The lowest BCUT2D eigenvalue weighted by Gasteiger charge is -2.10. The van der Waals surface area contributed by atoms with Gasteiger partial charge in [0, 0.05) is 5.56 Å². The summed E-state index contributed by atoms with van der Waals surface area (Å²) in [4.78, 5) is 11.3. The lowest BCUT2D eigenvalue weighted by Crippen LogP contribution is -2.02. The monoisotopic (exact) mass is 277 g/mol. The molecule has 3 aromatic rings. The van der Waals surface area contributed by atoms with Crippen molar-refractivity contribution in [3.05, 3.63) is 65.4 Å². The SMILES string of the molecule is Cc1cccc(-c2c(C=O)nnn2-c2ccccc2C)c1. The highest BCUT2D eigenvalue weighted by Gasteiger charge is 2.16. The fraction of sp³-hybridized carbons (Fsp3) is 0.118. The van der Waals surface area contributed by atoms with Crippen LogP contribution in [0.2, 0.25) is 0 Å². The Bertz CT molecular complexity index is 805. The third kappa shape index (κ3) is 2.36. The van der Waals surface area contributed by atoms with Gasteiger partial charge in [0.2, 0.25) is 0 Å². The standard InChI is InChI=1S/C17H15N3O/c1-12-6-5-8-14(10-12)17-15(11-21)18-19-20(17)16-9-4-3-7-13(16)2/h3-11H,1-2H3. The summed E-state index contributed by atoms with van der Waals surface area (Å²) in [7, 11) is 0. The minimum absolute atomic E-state index is 0.351. The normalized spacial score (nSPS) is 10.6. The summed E-state index contributed by atoms with van der Waals surface area (Å²) in [6.45, 7) is 4.03. The van der Waals surface area contributed by atoms with Crippen molar-refractivity contribution in [2.75, 3.05) is 0 Å². The molecule has 4 heteroatoms. The number of aldehydes is 1. The van der Waals surface area contributed by atoms with E-state index in [1.54, 1.807) is 4.68 Å². The summed E-state index contributed by atoms with van der Waals surface area (Å²) in [5.41, 5.74) is 5.14. The van der Waals surface area contributed by atoms with Crippen LogP contribution in [0.25, 0.3) is 16.9 Å². The minimum atomic E-state index is 0.351. The second-order valence-corrected chi connectivity index (χ2v) is 5.01. The first-order chi connectivity index (χ1) is 10.2. The van der Waals surface area contributed by atoms with Crippen molar-refractivity contribution in [3.8, 4) is 16.9 Å². The molecule has 0 aliphatic carbocycles. The molecule has 2 aromatic carbocycles. The van der Waals surface area contributed by atoms with Crippen molar-refractivity contribution >= 4 is 6.29 Å². The zero-order valence-electron chi connectivity index (χ0n) is 11.9. The molecule has 0 amide bonds. The summed E-state index contributed by atoms with van der Waals surface area (Å²) in [6.07, 6.45) is 0.749. The molecule has 0 aliphatic rings. The molecular formula is C17H15N3O.